The van der Waals surface area contributed by atoms with Gasteiger partial charge in [-0.15, -0.1) is 0 Å². The summed E-state index contributed by atoms with van der Waals surface area (Å²) in [6.07, 6.45) is -1.10. The van der Waals surface area contributed by atoms with E-state index in [0.29, 0.717) is 10.0 Å². The second-order valence-corrected chi connectivity index (χ2v) is 4.15. The molecular formula is C10H11BrN2O4. The molecule has 0 bridgehead atoms. The third kappa shape index (κ3) is 3.16. The van der Waals surface area contributed by atoms with Crippen LogP contribution in [0.3, 0.4) is 0 Å². The van der Waals surface area contributed by atoms with Crippen LogP contribution in [0.1, 0.15) is 12.5 Å². The van der Waals surface area contributed by atoms with Crippen LogP contribution in [-0.4, -0.2) is 27.6 Å². The van der Waals surface area contributed by atoms with E-state index in [2.05, 4.69) is 15.9 Å². The smallest absolute Gasteiger partial charge is 0.407 e. The molecule has 0 aromatic heterocycles. The predicted octanol–water partition coefficient (Wildman–Crippen LogP) is 2.86. The minimum atomic E-state index is -1.10. The molecular weight excluding hydrogens is 292 g/mol. The van der Waals surface area contributed by atoms with Gasteiger partial charge in [0.2, 0.25) is 0 Å². The van der Waals surface area contributed by atoms with Gasteiger partial charge in [0, 0.05) is 17.1 Å². The van der Waals surface area contributed by atoms with E-state index < -0.39 is 11.0 Å². The molecule has 0 unspecified atom stereocenters. The van der Waals surface area contributed by atoms with E-state index in [1.165, 1.54) is 6.07 Å². The molecule has 7 heteroatoms. The topological polar surface area (TPSA) is 83.7 Å². The van der Waals surface area contributed by atoms with Crippen LogP contribution in [0.2, 0.25) is 0 Å². The first-order chi connectivity index (χ1) is 7.97. The molecule has 0 aliphatic rings. The van der Waals surface area contributed by atoms with E-state index in [9.17, 15) is 14.9 Å². The fourth-order valence-corrected chi connectivity index (χ4v) is 1.86. The van der Waals surface area contributed by atoms with Gasteiger partial charge < -0.3 is 10.0 Å². The molecule has 1 rings (SSSR count). The number of nitro groups is 1. The van der Waals surface area contributed by atoms with Crippen molar-refractivity contribution < 1.29 is 14.8 Å². The van der Waals surface area contributed by atoms with Crippen molar-refractivity contribution >= 4 is 27.7 Å². The van der Waals surface area contributed by atoms with Gasteiger partial charge in [-0.25, -0.2) is 4.79 Å². The molecule has 1 amide bonds. The third-order valence-electron chi connectivity index (χ3n) is 2.29. The van der Waals surface area contributed by atoms with Gasteiger partial charge in [-0.3, -0.25) is 10.1 Å². The molecule has 6 nitrogen and oxygen atoms in total. The Hall–Kier alpha value is -1.63. The number of benzene rings is 1. The van der Waals surface area contributed by atoms with Crippen LogP contribution in [0.5, 0.6) is 0 Å². The van der Waals surface area contributed by atoms with Crippen molar-refractivity contribution in [3.63, 3.8) is 0 Å². The second-order valence-electron chi connectivity index (χ2n) is 3.29. The Balaban J connectivity index is 3.12. The lowest BCUT2D eigenvalue weighted by Crippen LogP contribution is -2.28. The minimum absolute atomic E-state index is 0.0103. The van der Waals surface area contributed by atoms with E-state index in [-0.39, 0.29) is 18.8 Å². The average Bonchev–Trinajstić information content (AvgIpc) is 2.26. The molecule has 92 valence electrons. The van der Waals surface area contributed by atoms with Crippen molar-refractivity contribution in [1.29, 1.82) is 0 Å². The van der Waals surface area contributed by atoms with Gasteiger partial charge in [0.05, 0.1) is 17.0 Å². The molecule has 1 aromatic carbocycles. The zero-order valence-electron chi connectivity index (χ0n) is 9.09. The Morgan fingerprint density at radius 3 is 2.71 bits per heavy atom. The molecule has 1 aromatic rings. The first kappa shape index (κ1) is 13.4. The Labute approximate surface area is 106 Å². The summed E-state index contributed by atoms with van der Waals surface area (Å²) in [5, 5.41) is 19.7. The summed E-state index contributed by atoms with van der Waals surface area (Å²) in [4.78, 5) is 22.3. The lowest BCUT2D eigenvalue weighted by Gasteiger charge is -2.17. The van der Waals surface area contributed by atoms with Gasteiger partial charge >= 0.3 is 6.09 Å². The van der Waals surface area contributed by atoms with Crippen LogP contribution in [0, 0.1) is 10.1 Å². The number of hydrogen-bond acceptors (Lipinski definition) is 3. The fraction of sp³-hybridized carbons (Fsp3) is 0.300. The lowest BCUT2D eigenvalue weighted by molar-refractivity contribution is -0.385. The maximum absolute atomic E-state index is 10.9. The van der Waals surface area contributed by atoms with Crippen molar-refractivity contribution in [2.24, 2.45) is 0 Å². The van der Waals surface area contributed by atoms with Gasteiger partial charge in [0.15, 0.2) is 0 Å². The molecule has 0 aliphatic heterocycles. The first-order valence-corrected chi connectivity index (χ1v) is 5.66. The van der Waals surface area contributed by atoms with E-state index in [0.717, 1.165) is 4.90 Å². The molecule has 0 saturated carbocycles. The molecule has 1 N–H and O–H groups in total. The summed E-state index contributed by atoms with van der Waals surface area (Å²) < 4.78 is 0.534. The maximum Gasteiger partial charge on any atom is 0.407 e. The quantitative estimate of drug-likeness (QED) is 0.684. The van der Waals surface area contributed by atoms with E-state index in [4.69, 9.17) is 5.11 Å². The van der Waals surface area contributed by atoms with Crippen molar-refractivity contribution in [2.45, 2.75) is 13.5 Å². The maximum atomic E-state index is 10.9. The normalized spacial score (nSPS) is 10.0. The van der Waals surface area contributed by atoms with Crippen molar-refractivity contribution in [3.05, 3.63) is 38.3 Å². The lowest BCUT2D eigenvalue weighted by atomic mass is 10.1. The summed E-state index contributed by atoms with van der Waals surface area (Å²) in [5.41, 5.74) is 0.279. The highest BCUT2D eigenvalue weighted by Crippen LogP contribution is 2.27. The number of carbonyl (C=O) groups is 1. The van der Waals surface area contributed by atoms with Crippen LogP contribution in [0.4, 0.5) is 10.5 Å². The highest BCUT2D eigenvalue weighted by molar-refractivity contribution is 9.10. The highest BCUT2D eigenvalue weighted by atomic mass is 79.9. The number of nitro benzene ring substituents is 1. The van der Waals surface area contributed by atoms with Gasteiger partial charge in [-0.1, -0.05) is 22.0 Å². The SMILES string of the molecule is CCN(Cc1c(Br)cccc1[N+](=O)[O-])C(=O)O. The van der Waals surface area contributed by atoms with Crippen LogP contribution in [0.25, 0.3) is 0 Å². The van der Waals surface area contributed by atoms with E-state index in [1.807, 2.05) is 0 Å². The standard InChI is InChI=1S/C10H11BrN2O4/c1-2-12(10(14)15)6-7-8(11)4-3-5-9(7)13(16)17/h3-5H,2,6H2,1H3,(H,14,15). The van der Waals surface area contributed by atoms with Crippen LogP contribution in [-0.2, 0) is 6.54 Å². The van der Waals surface area contributed by atoms with Crippen molar-refractivity contribution in [3.8, 4) is 0 Å². The van der Waals surface area contributed by atoms with E-state index >= 15 is 0 Å². The number of carboxylic acid groups (broad SMARTS) is 1. The molecule has 0 saturated heterocycles. The van der Waals surface area contributed by atoms with Gasteiger partial charge in [0.1, 0.15) is 0 Å². The third-order valence-corrected chi connectivity index (χ3v) is 3.03. The summed E-state index contributed by atoms with van der Waals surface area (Å²) in [6, 6.07) is 4.55. The van der Waals surface area contributed by atoms with E-state index in [1.54, 1.807) is 19.1 Å². The fourth-order valence-electron chi connectivity index (χ4n) is 1.38. The van der Waals surface area contributed by atoms with Crippen LogP contribution >= 0.6 is 15.9 Å². The van der Waals surface area contributed by atoms with Crippen LogP contribution < -0.4 is 0 Å². The van der Waals surface area contributed by atoms with Crippen molar-refractivity contribution in [2.75, 3.05) is 6.54 Å². The highest BCUT2D eigenvalue weighted by Gasteiger charge is 2.20. The first-order valence-electron chi connectivity index (χ1n) is 4.87. The predicted molar refractivity (Wildman–Crippen MR) is 64.9 cm³/mol. The van der Waals surface area contributed by atoms with Crippen LogP contribution in [0.15, 0.2) is 22.7 Å². The zero-order valence-corrected chi connectivity index (χ0v) is 10.7. The Bertz CT molecular complexity index is 450. The van der Waals surface area contributed by atoms with Crippen molar-refractivity contribution in [1.82, 2.24) is 4.90 Å². The Morgan fingerprint density at radius 2 is 2.24 bits per heavy atom. The summed E-state index contributed by atoms with van der Waals surface area (Å²) >= 11 is 3.20. The number of rotatable bonds is 4. The zero-order chi connectivity index (χ0) is 13.0. The Kier molecular flexibility index (Phi) is 4.45. The number of nitrogens with zero attached hydrogens (tertiary/aromatic N) is 2. The minimum Gasteiger partial charge on any atom is -0.465 e. The number of hydrogen-bond donors (Lipinski definition) is 1. The molecule has 0 atom stereocenters. The summed E-state index contributed by atoms with van der Waals surface area (Å²) in [5.74, 6) is 0. The van der Waals surface area contributed by atoms with Gasteiger partial charge in [-0.05, 0) is 13.0 Å². The Morgan fingerprint density at radius 1 is 1.59 bits per heavy atom. The summed E-state index contributed by atoms with van der Waals surface area (Å²) in [7, 11) is 0. The molecule has 0 fully saturated rings. The molecule has 0 heterocycles. The van der Waals surface area contributed by atoms with Gasteiger partial charge in [0.25, 0.3) is 5.69 Å². The second kappa shape index (κ2) is 5.62. The summed E-state index contributed by atoms with van der Waals surface area (Å²) in [6.45, 7) is 1.94. The average molecular weight is 303 g/mol. The largest absolute Gasteiger partial charge is 0.465 e. The molecule has 0 spiro atoms. The van der Waals surface area contributed by atoms with Gasteiger partial charge in [-0.2, -0.15) is 0 Å². The molecule has 0 aliphatic carbocycles. The molecule has 0 radical (unpaired) electrons. The number of halogens is 1. The molecule has 17 heavy (non-hydrogen) atoms. The number of amides is 1. The monoisotopic (exact) mass is 302 g/mol.